The Morgan fingerprint density at radius 1 is 1.09 bits per heavy atom. The van der Waals surface area contributed by atoms with Crippen molar-refractivity contribution in [2.45, 2.75) is 56.7 Å². The molecular weight excluding hydrogens is 478 g/mol. The molecule has 3 atom stereocenters. The van der Waals surface area contributed by atoms with E-state index in [0.29, 0.717) is 17.7 Å². The van der Waals surface area contributed by atoms with Gasteiger partial charge in [-0.3, -0.25) is 9.59 Å². The Kier molecular flexibility index (Phi) is 7.49. The summed E-state index contributed by atoms with van der Waals surface area (Å²) in [5.74, 6) is -0.808. The van der Waals surface area contributed by atoms with Crippen molar-refractivity contribution in [2.75, 3.05) is 6.61 Å². The molecule has 1 saturated heterocycles. The van der Waals surface area contributed by atoms with Gasteiger partial charge in [-0.05, 0) is 36.2 Å². The van der Waals surface area contributed by atoms with E-state index in [-0.39, 0.29) is 37.0 Å². The van der Waals surface area contributed by atoms with Gasteiger partial charge in [0.25, 0.3) is 0 Å². The summed E-state index contributed by atoms with van der Waals surface area (Å²) in [5, 5.41) is 5.42. The second kappa shape index (κ2) is 9.88. The van der Waals surface area contributed by atoms with Gasteiger partial charge in [-0.15, -0.1) is 0 Å². The number of nitrogens with one attached hydrogen (secondary N) is 2. The first-order valence-corrected chi connectivity index (χ1v) is 10.8. The van der Waals surface area contributed by atoms with Crippen molar-refractivity contribution < 1.29 is 40.7 Å². The molecule has 2 amide bonds. The average molecular weight is 502 g/mol. The zero-order valence-corrected chi connectivity index (χ0v) is 18.9. The van der Waals surface area contributed by atoms with Crippen LogP contribution in [0, 0.1) is 0 Å². The molecular formula is C24H24F6N2O3. The lowest BCUT2D eigenvalue weighted by Gasteiger charge is -2.31. The van der Waals surface area contributed by atoms with Crippen molar-refractivity contribution in [3.8, 4) is 0 Å². The monoisotopic (exact) mass is 502 g/mol. The summed E-state index contributed by atoms with van der Waals surface area (Å²) in [4.78, 5) is 24.4. The Labute approximate surface area is 197 Å². The van der Waals surface area contributed by atoms with Crippen LogP contribution in [0.5, 0.6) is 0 Å². The lowest BCUT2D eigenvalue weighted by molar-refractivity contribution is -0.143. The van der Waals surface area contributed by atoms with Gasteiger partial charge in [-0.1, -0.05) is 37.3 Å². The van der Waals surface area contributed by atoms with Gasteiger partial charge in [0, 0.05) is 12.8 Å². The van der Waals surface area contributed by atoms with E-state index in [2.05, 4.69) is 10.6 Å². The number of halogens is 6. The predicted octanol–water partition coefficient (Wildman–Crippen LogP) is 5.11. The van der Waals surface area contributed by atoms with Crippen LogP contribution in [0.15, 0.2) is 48.5 Å². The maximum atomic E-state index is 13.2. The van der Waals surface area contributed by atoms with Gasteiger partial charge in [-0.25, -0.2) is 0 Å². The van der Waals surface area contributed by atoms with Gasteiger partial charge in [0.15, 0.2) is 0 Å². The highest BCUT2D eigenvalue weighted by Gasteiger charge is 2.46. The Hall–Kier alpha value is -3.08. The van der Waals surface area contributed by atoms with Crippen molar-refractivity contribution >= 4 is 11.8 Å². The molecule has 1 heterocycles. The van der Waals surface area contributed by atoms with Crippen LogP contribution in [0.3, 0.4) is 0 Å². The van der Waals surface area contributed by atoms with Gasteiger partial charge >= 0.3 is 12.4 Å². The molecule has 35 heavy (non-hydrogen) atoms. The number of amides is 2. The summed E-state index contributed by atoms with van der Waals surface area (Å²) in [6.45, 7) is 2.71. The minimum Gasteiger partial charge on any atom is -0.371 e. The standard InChI is InChI=1S/C24H24F6N2O3/c1-3-20(33)31-19-12-22(32-21(19)34,16-7-5-4-6-8-16)13-35-14(2)15-9-17(23(25,26)27)11-18(10-15)24(28,29)30/h4-11,14,19H,3,12-13H2,1-2H3,(H,31,33)(H,32,34)/t14-,19-,22-/m1/s1. The lowest BCUT2D eigenvalue weighted by atomic mass is 9.88. The third kappa shape index (κ3) is 6.14. The quantitative estimate of drug-likeness (QED) is 0.517. The number of ether oxygens (including phenoxy) is 1. The summed E-state index contributed by atoms with van der Waals surface area (Å²) in [5.41, 5.74) is -3.71. The summed E-state index contributed by atoms with van der Waals surface area (Å²) in [6.07, 6.45) is -10.9. The molecule has 0 spiro atoms. The Bertz CT molecular complexity index is 1040. The van der Waals surface area contributed by atoms with E-state index in [4.69, 9.17) is 4.74 Å². The smallest absolute Gasteiger partial charge is 0.371 e. The summed E-state index contributed by atoms with van der Waals surface area (Å²) in [7, 11) is 0. The number of carbonyl (C=O) groups excluding carboxylic acids is 2. The molecule has 0 radical (unpaired) electrons. The summed E-state index contributed by atoms with van der Waals surface area (Å²) < 4.78 is 85.2. The first-order chi connectivity index (χ1) is 16.2. The Morgan fingerprint density at radius 3 is 2.17 bits per heavy atom. The van der Waals surface area contributed by atoms with Crippen LogP contribution in [-0.4, -0.2) is 24.5 Å². The molecule has 190 valence electrons. The minimum absolute atomic E-state index is 0.0554. The predicted molar refractivity (Wildman–Crippen MR) is 114 cm³/mol. The van der Waals surface area contributed by atoms with E-state index in [1.807, 2.05) is 0 Å². The zero-order chi connectivity index (χ0) is 26.0. The van der Waals surface area contributed by atoms with Crippen molar-refractivity contribution in [1.82, 2.24) is 10.6 Å². The van der Waals surface area contributed by atoms with Crippen LogP contribution in [0.4, 0.5) is 26.3 Å². The molecule has 0 aliphatic carbocycles. The van der Waals surface area contributed by atoms with Gasteiger partial charge < -0.3 is 15.4 Å². The molecule has 0 unspecified atom stereocenters. The Morgan fingerprint density at radius 2 is 1.66 bits per heavy atom. The molecule has 0 saturated carbocycles. The lowest BCUT2D eigenvalue weighted by Crippen LogP contribution is -2.43. The molecule has 3 rings (SSSR count). The normalized spacial score (nSPS) is 21.5. The maximum absolute atomic E-state index is 13.2. The second-order valence-corrected chi connectivity index (χ2v) is 8.41. The highest BCUT2D eigenvalue weighted by molar-refractivity contribution is 5.90. The number of hydrogen-bond donors (Lipinski definition) is 2. The van der Waals surface area contributed by atoms with Crippen LogP contribution >= 0.6 is 0 Å². The van der Waals surface area contributed by atoms with Crippen molar-refractivity contribution in [1.29, 1.82) is 0 Å². The molecule has 1 fully saturated rings. The molecule has 0 aromatic heterocycles. The van der Waals surface area contributed by atoms with Gasteiger partial charge in [-0.2, -0.15) is 26.3 Å². The fourth-order valence-corrected chi connectivity index (χ4v) is 3.93. The SMILES string of the molecule is CCC(=O)N[C@@H]1C[C@@](CO[C@H](C)c2cc(C(F)(F)F)cc(C(F)(F)F)c2)(c2ccccc2)NC1=O. The number of hydrogen-bond acceptors (Lipinski definition) is 3. The largest absolute Gasteiger partial charge is 0.416 e. The van der Waals surface area contributed by atoms with Crippen molar-refractivity contribution in [3.63, 3.8) is 0 Å². The third-order valence-corrected chi connectivity index (χ3v) is 5.87. The maximum Gasteiger partial charge on any atom is 0.416 e. The molecule has 2 aromatic carbocycles. The number of rotatable bonds is 7. The van der Waals surface area contributed by atoms with Crippen LogP contribution in [0.1, 0.15) is 55.0 Å². The first-order valence-electron chi connectivity index (χ1n) is 10.8. The molecule has 2 N–H and O–H groups in total. The van der Waals surface area contributed by atoms with E-state index < -0.39 is 47.1 Å². The Balaban J connectivity index is 1.90. The fraction of sp³-hybridized carbons (Fsp3) is 0.417. The number of alkyl halides is 6. The third-order valence-electron chi connectivity index (χ3n) is 5.87. The van der Waals surface area contributed by atoms with E-state index in [1.54, 1.807) is 37.3 Å². The molecule has 0 bridgehead atoms. The van der Waals surface area contributed by atoms with Gasteiger partial charge in [0.2, 0.25) is 11.8 Å². The fourth-order valence-electron chi connectivity index (χ4n) is 3.93. The van der Waals surface area contributed by atoms with E-state index >= 15 is 0 Å². The summed E-state index contributed by atoms with van der Waals surface area (Å²) >= 11 is 0. The number of carbonyl (C=O) groups is 2. The highest BCUT2D eigenvalue weighted by atomic mass is 19.4. The van der Waals surface area contributed by atoms with E-state index in [9.17, 15) is 35.9 Å². The van der Waals surface area contributed by atoms with Gasteiger partial charge in [0.1, 0.15) is 6.04 Å². The zero-order valence-electron chi connectivity index (χ0n) is 18.9. The van der Waals surface area contributed by atoms with Crippen LogP contribution < -0.4 is 10.6 Å². The first kappa shape index (κ1) is 26.5. The van der Waals surface area contributed by atoms with Crippen molar-refractivity contribution in [3.05, 3.63) is 70.8 Å². The van der Waals surface area contributed by atoms with Crippen LogP contribution in [0.25, 0.3) is 0 Å². The highest BCUT2D eigenvalue weighted by Crippen LogP contribution is 2.39. The molecule has 5 nitrogen and oxygen atoms in total. The number of benzene rings is 2. The molecule has 2 aromatic rings. The second-order valence-electron chi connectivity index (χ2n) is 8.41. The van der Waals surface area contributed by atoms with E-state index in [0.717, 1.165) is 0 Å². The summed E-state index contributed by atoms with van der Waals surface area (Å²) in [6, 6.07) is 9.02. The average Bonchev–Trinajstić information content (AvgIpc) is 3.12. The van der Waals surface area contributed by atoms with Gasteiger partial charge in [0.05, 0.1) is 29.4 Å². The minimum atomic E-state index is -4.98. The molecule has 1 aliphatic heterocycles. The van der Waals surface area contributed by atoms with Crippen molar-refractivity contribution in [2.24, 2.45) is 0 Å². The molecule has 1 aliphatic rings. The van der Waals surface area contributed by atoms with E-state index in [1.165, 1.54) is 6.92 Å². The van der Waals surface area contributed by atoms with Crippen LogP contribution in [0.2, 0.25) is 0 Å². The van der Waals surface area contributed by atoms with Crippen LogP contribution in [-0.2, 0) is 32.2 Å². The molecule has 11 heteroatoms. The topological polar surface area (TPSA) is 67.4 Å².